The van der Waals surface area contributed by atoms with Gasteiger partial charge in [0.05, 0.1) is 5.41 Å². The molecule has 0 aromatic carbocycles. The summed E-state index contributed by atoms with van der Waals surface area (Å²) >= 11 is 0. The Hall–Kier alpha value is -0.553. The molecular weight excluding hydrogens is 188 g/mol. The third kappa shape index (κ3) is 2.99. The van der Waals surface area contributed by atoms with Crippen LogP contribution in [0.15, 0.2) is 0 Å². The summed E-state index contributed by atoms with van der Waals surface area (Å²) in [6.45, 7) is 8.67. The molecule has 1 saturated carbocycles. The van der Waals surface area contributed by atoms with Crippen molar-refractivity contribution in [1.29, 1.82) is 0 Å². The van der Waals surface area contributed by atoms with E-state index in [0.29, 0.717) is 5.78 Å². The maximum absolute atomic E-state index is 11.7. The highest BCUT2D eigenvalue weighted by Gasteiger charge is 2.33. The number of hydrogen-bond donors (Lipinski definition) is 0. The van der Waals surface area contributed by atoms with Crippen molar-refractivity contribution in [3.63, 3.8) is 0 Å². The number of ketones is 1. The van der Waals surface area contributed by atoms with E-state index in [4.69, 9.17) is 0 Å². The van der Waals surface area contributed by atoms with Crippen LogP contribution < -0.4 is 0 Å². The minimum Gasteiger partial charge on any atom is -0.298 e. The topological polar surface area (TPSA) is 17.1 Å². The van der Waals surface area contributed by atoms with Gasteiger partial charge in [0.2, 0.25) is 0 Å². The van der Waals surface area contributed by atoms with Gasteiger partial charge in [0, 0.05) is 6.42 Å². The predicted octanol–water partition coefficient (Wildman–Crippen LogP) is 3.02. The van der Waals surface area contributed by atoms with Crippen molar-refractivity contribution in [2.24, 2.45) is 5.41 Å². The zero-order valence-electron chi connectivity index (χ0n) is 9.74. The molecule has 2 heteroatoms. The molecule has 0 spiro atoms. The standard InChI is InChI=1S/C12H20OSi/c1-12(9-10-14(2,3)4)8-6-5-7-11(12)13/h5-8H2,1-4H3. The molecule has 1 atom stereocenters. The zero-order chi connectivity index (χ0) is 10.8. The number of hydrogen-bond acceptors (Lipinski definition) is 1. The van der Waals surface area contributed by atoms with Crippen molar-refractivity contribution in [2.45, 2.75) is 52.2 Å². The van der Waals surface area contributed by atoms with Crippen molar-refractivity contribution in [3.05, 3.63) is 0 Å². The Morgan fingerprint density at radius 3 is 2.43 bits per heavy atom. The largest absolute Gasteiger partial charge is 0.298 e. The van der Waals surface area contributed by atoms with Gasteiger partial charge in [-0.15, -0.1) is 5.54 Å². The monoisotopic (exact) mass is 208 g/mol. The smallest absolute Gasteiger partial charge is 0.150 e. The van der Waals surface area contributed by atoms with Gasteiger partial charge in [0.25, 0.3) is 0 Å². The Kier molecular flexibility index (Phi) is 3.21. The first-order valence-electron chi connectivity index (χ1n) is 5.41. The second-order valence-electron chi connectivity index (χ2n) is 5.46. The quantitative estimate of drug-likeness (QED) is 0.442. The van der Waals surface area contributed by atoms with Gasteiger partial charge in [0.15, 0.2) is 5.78 Å². The van der Waals surface area contributed by atoms with Crippen LogP contribution in [0, 0.1) is 16.9 Å². The van der Waals surface area contributed by atoms with Crippen LogP contribution in [0.25, 0.3) is 0 Å². The molecular formula is C12H20OSi. The van der Waals surface area contributed by atoms with E-state index >= 15 is 0 Å². The van der Waals surface area contributed by atoms with Crippen LogP contribution in [-0.4, -0.2) is 13.9 Å². The average Bonchev–Trinajstić information content (AvgIpc) is 2.06. The van der Waals surface area contributed by atoms with Crippen LogP contribution >= 0.6 is 0 Å². The van der Waals surface area contributed by atoms with E-state index in [1.807, 2.05) is 6.92 Å². The van der Waals surface area contributed by atoms with Gasteiger partial charge in [-0.05, 0) is 19.8 Å². The molecule has 78 valence electrons. The summed E-state index contributed by atoms with van der Waals surface area (Å²) in [7, 11) is -1.33. The lowest BCUT2D eigenvalue weighted by atomic mass is 9.75. The summed E-state index contributed by atoms with van der Waals surface area (Å²) < 4.78 is 0. The van der Waals surface area contributed by atoms with Crippen LogP contribution in [0.4, 0.5) is 0 Å². The fourth-order valence-corrected chi connectivity index (χ4v) is 2.29. The Bertz CT molecular complexity index is 290. The Labute approximate surface area is 88.3 Å². The molecule has 1 unspecified atom stereocenters. The molecule has 0 aliphatic heterocycles. The van der Waals surface area contributed by atoms with E-state index in [2.05, 4.69) is 31.1 Å². The zero-order valence-corrected chi connectivity index (χ0v) is 10.7. The SMILES string of the molecule is CC1(C#C[Si](C)(C)C)CCCCC1=O. The molecule has 1 aliphatic rings. The van der Waals surface area contributed by atoms with Crippen molar-refractivity contribution in [3.8, 4) is 11.5 Å². The summed E-state index contributed by atoms with van der Waals surface area (Å²) in [5.74, 6) is 3.61. The third-order valence-corrected chi connectivity index (χ3v) is 3.53. The lowest BCUT2D eigenvalue weighted by Crippen LogP contribution is -2.30. The van der Waals surface area contributed by atoms with E-state index in [1.165, 1.54) is 0 Å². The molecule has 0 aromatic rings. The van der Waals surface area contributed by atoms with Crippen molar-refractivity contribution in [1.82, 2.24) is 0 Å². The molecule has 0 bridgehead atoms. The van der Waals surface area contributed by atoms with Gasteiger partial charge in [-0.2, -0.15) is 0 Å². The van der Waals surface area contributed by atoms with Crippen LogP contribution in [0.2, 0.25) is 19.6 Å². The lowest BCUT2D eigenvalue weighted by molar-refractivity contribution is -0.127. The highest BCUT2D eigenvalue weighted by molar-refractivity contribution is 6.83. The summed E-state index contributed by atoms with van der Waals surface area (Å²) in [5, 5.41) is 0. The maximum Gasteiger partial charge on any atom is 0.150 e. The van der Waals surface area contributed by atoms with Crippen LogP contribution in [0.3, 0.4) is 0 Å². The average molecular weight is 208 g/mol. The second kappa shape index (κ2) is 3.90. The highest BCUT2D eigenvalue weighted by atomic mass is 28.3. The minimum atomic E-state index is -1.33. The van der Waals surface area contributed by atoms with Gasteiger partial charge in [-0.1, -0.05) is 32.0 Å². The second-order valence-corrected chi connectivity index (χ2v) is 10.2. The Morgan fingerprint density at radius 1 is 1.29 bits per heavy atom. The van der Waals surface area contributed by atoms with Gasteiger partial charge < -0.3 is 0 Å². The molecule has 0 amide bonds. The van der Waals surface area contributed by atoms with Crippen LogP contribution in [0.5, 0.6) is 0 Å². The summed E-state index contributed by atoms with van der Waals surface area (Å²) in [6.07, 6.45) is 3.91. The first-order valence-corrected chi connectivity index (χ1v) is 8.91. The van der Waals surface area contributed by atoms with Gasteiger partial charge >= 0.3 is 0 Å². The van der Waals surface area contributed by atoms with Gasteiger partial charge in [-0.25, -0.2) is 0 Å². The summed E-state index contributed by atoms with van der Waals surface area (Å²) in [5.41, 5.74) is 3.01. The molecule has 0 radical (unpaired) electrons. The normalized spacial score (nSPS) is 28.1. The highest BCUT2D eigenvalue weighted by Crippen LogP contribution is 2.32. The first-order chi connectivity index (χ1) is 6.33. The predicted molar refractivity (Wildman–Crippen MR) is 62.7 cm³/mol. The number of carbonyl (C=O) groups is 1. The number of Topliss-reactive ketones (excluding diaryl/α,β-unsaturated/α-hetero) is 1. The summed E-state index contributed by atoms with van der Waals surface area (Å²) in [6, 6.07) is 0. The number of carbonyl (C=O) groups excluding carboxylic acids is 1. The lowest BCUT2D eigenvalue weighted by Gasteiger charge is -2.27. The molecule has 0 N–H and O–H groups in total. The molecule has 0 heterocycles. The van der Waals surface area contributed by atoms with Crippen LogP contribution in [0.1, 0.15) is 32.6 Å². The Balaban J connectivity index is 2.82. The maximum atomic E-state index is 11.7. The molecule has 1 aliphatic carbocycles. The first kappa shape index (κ1) is 11.5. The van der Waals surface area contributed by atoms with E-state index in [9.17, 15) is 4.79 Å². The molecule has 1 rings (SSSR count). The molecule has 1 nitrogen and oxygen atoms in total. The van der Waals surface area contributed by atoms with Crippen LogP contribution in [-0.2, 0) is 4.79 Å². The van der Waals surface area contributed by atoms with E-state index in [1.54, 1.807) is 0 Å². The van der Waals surface area contributed by atoms with E-state index in [0.717, 1.165) is 25.7 Å². The Morgan fingerprint density at radius 2 is 1.93 bits per heavy atom. The molecule has 14 heavy (non-hydrogen) atoms. The summed E-state index contributed by atoms with van der Waals surface area (Å²) in [4.78, 5) is 11.7. The van der Waals surface area contributed by atoms with E-state index in [-0.39, 0.29) is 5.41 Å². The molecule has 0 saturated heterocycles. The fraction of sp³-hybridized carbons (Fsp3) is 0.750. The van der Waals surface area contributed by atoms with Gasteiger partial charge in [-0.3, -0.25) is 4.79 Å². The van der Waals surface area contributed by atoms with Crippen molar-refractivity contribution >= 4 is 13.9 Å². The van der Waals surface area contributed by atoms with E-state index < -0.39 is 8.07 Å². The number of rotatable bonds is 0. The third-order valence-electron chi connectivity index (χ3n) is 2.66. The molecule has 1 fully saturated rings. The van der Waals surface area contributed by atoms with Crippen molar-refractivity contribution < 1.29 is 4.79 Å². The fourth-order valence-electron chi connectivity index (χ4n) is 1.64. The van der Waals surface area contributed by atoms with Gasteiger partial charge in [0.1, 0.15) is 8.07 Å². The van der Waals surface area contributed by atoms with Crippen molar-refractivity contribution in [2.75, 3.05) is 0 Å². The minimum absolute atomic E-state index is 0.321. The molecule has 0 aromatic heterocycles.